The Morgan fingerprint density at radius 1 is 1.07 bits per heavy atom. The van der Waals surface area contributed by atoms with Gasteiger partial charge in [-0.1, -0.05) is 48.5 Å². The lowest BCUT2D eigenvalue weighted by Crippen LogP contribution is -2.31. The molecule has 1 amide bonds. The van der Waals surface area contributed by atoms with Crippen LogP contribution in [0.1, 0.15) is 35.6 Å². The van der Waals surface area contributed by atoms with Crippen molar-refractivity contribution in [2.24, 2.45) is 0 Å². The van der Waals surface area contributed by atoms with Crippen LogP contribution in [-0.2, 0) is 4.74 Å². The minimum atomic E-state index is -0.535. The fraction of sp³-hybridized carbons (Fsp3) is 0.182. The molecule has 1 aliphatic rings. The lowest BCUT2D eigenvalue weighted by Gasteiger charge is -2.17. The molecular weight excluding hydrogens is 340 g/mol. The van der Waals surface area contributed by atoms with Crippen molar-refractivity contribution in [1.82, 2.24) is 10.3 Å². The molecule has 0 saturated carbocycles. The molecule has 0 spiro atoms. The van der Waals surface area contributed by atoms with Gasteiger partial charge in [-0.2, -0.15) is 0 Å². The van der Waals surface area contributed by atoms with Gasteiger partial charge < -0.3 is 15.0 Å². The second-order valence-electron chi connectivity index (χ2n) is 6.66. The highest BCUT2D eigenvalue weighted by molar-refractivity contribution is 5.79. The lowest BCUT2D eigenvalue weighted by atomic mass is 9.98. The zero-order valence-corrected chi connectivity index (χ0v) is 14.9. The van der Waals surface area contributed by atoms with E-state index in [1.54, 1.807) is 19.3 Å². The maximum Gasteiger partial charge on any atom is 0.407 e. The molecule has 0 radical (unpaired) electrons. The molecule has 3 aromatic rings. The summed E-state index contributed by atoms with van der Waals surface area (Å²) in [6.45, 7) is 2.00. The fourth-order valence-corrected chi connectivity index (χ4v) is 3.66. The van der Waals surface area contributed by atoms with Crippen molar-refractivity contribution in [1.29, 1.82) is 0 Å². The first kappa shape index (κ1) is 17.1. The molecule has 2 N–H and O–H groups in total. The van der Waals surface area contributed by atoms with Crippen LogP contribution in [0.5, 0.6) is 0 Å². The van der Waals surface area contributed by atoms with Crippen molar-refractivity contribution in [3.63, 3.8) is 0 Å². The van der Waals surface area contributed by atoms with Crippen LogP contribution in [-0.4, -0.2) is 17.7 Å². The highest BCUT2D eigenvalue weighted by atomic mass is 16.5. The second-order valence-corrected chi connectivity index (χ2v) is 6.66. The number of carbonyl (C=O) groups excluding carboxylic acids is 1. The van der Waals surface area contributed by atoms with Crippen molar-refractivity contribution in [2.75, 3.05) is 6.61 Å². The third kappa shape index (κ3) is 3.24. The van der Waals surface area contributed by atoms with Gasteiger partial charge in [0.15, 0.2) is 5.43 Å². The van der Waals surface area contributed by atoms with Crippen LogP contribution in [0.15, 0.2) is 71.8 Å². The molecule has 0 bridgehead atoms. The zero-order chi connectivity index (χ0) is 18.8. The predicted octanol–water partition coefficient (Wildman–Crippen LogP) is 3.97. The van der Waals surface area contributed by atoms with Gasteiger partial charge >= 0.3 is 6.09 Å². The fourth-order valence-electron chi connectivity index (χ4n) is 3.66. The van der Waals surface area contributed by atoms with E-state index in [0.717, 1.165) is 0 Å². The highest BCUT2D eigenvalue weighted by Gasteiger charge is 2.29. The number of rotatable bonds is 4. The smallest absolute Gasteiger partial charge is 0.407 e. The molecule has 0 saturated heterocycles. The molecule has 2 aromatic carbocycles. The Morgan fingerprint density at radius 3 is 2.33 bits per heavy atom. The maximum atomic E-state index is 12.3. The standard InChI is InChI=1S/C22H20N2O3/c1-14(19-12-23-11-10-21(19)25)24-22(26)27-13-20-17-8-4-2-6-15(17)16-7-3-5-9-18(16)20/h2-12,14,20H,13H2,1H3,(H,23,25)(H,24,26). The number of alkyl carbamates (subject to hydrolysis) is 1. The average Bonchev–Trinajstić information content (AvgIpc) is 3.00. The van der Waals surface area contributed by atoms with Crippen LogP contribution >= 0.6 is 0 Å². The van der Waals surface area contributed by atoms with E-state index >= 15 is 0 Å². The van der Waals surface area contributed by atoms with Gasteiger partial charge in [-0.25, -0.2) is 4.79 Å². The Morgan fingerprint density at radius 2 is 1.70 bits per heavy atom. The Labute approximate surface area is 157 Å². The van der Waals surface area contributed by atoms with E-state index in [2.05, 4.69) is 34.6 Å². The van der Waals surface area contributed by atoms with E-state index in [0.29, 0.717) is 5.56 Å². The summed E-state index contributed by atoms with van der Waals surface area (Å²) in [4.78, 5) is 27.0. The van der Waals surface area contributed by atoms with Crippen LogP contribution in [0.25, 0.3) is 11.1 Å². The van der Waals surface area contributed by atoms with Crippen LogP contribution in [0.2, 0.25) is 0 Å². The number of H-pyrrole nitrogens is 1. The lowest BCUT2D eigenvalue weighted by molar-refractivity contribution is 0.139. The first-order valence-corrected chi connectivity index (χ1v) is 8.93. The van der Waals surface area contributed by atoms with Gasteiger partial charge in [-0.15, -0.1) is 0 Å². The van der Waals surface area contributed by atoms with E-state index in [-0.39, 0.29) is 18.0 Å². The summed E-state index contributed by atoms with van der Waals surface area (Å²) in [5, 5.41) is 2.73. The van der Waals surface area contributed by atoms with Crippen molar-refractivity contribution in [3.05, 3.63) is 93.9 Å². The van der Waals surface area contributed by atoms with Gasteiger partial charge in [0.05, 0.1) is 6.04 Å². The SMILES string of the molecule is CC(NC(=O)OCC1c2ccccc2-c2ccccc21)c1c[nH]ccc1=O. The summed E-state index contributed by atoms with van der Waals surface area (Å²) in [5.41, 5.74) is 5.07. The van der Waals surface area contributed by atoms with Crippen molar-refractivity contribution >= 4 is 6.09 Å². The van der Waals surface area contributed by atoms with Crippen molar-refractivity contribution < 1.29 is 9.53 Å². The van der Waals surface area contributed by atoms with E-state index in [9.17, 15) is 9.59 Å². The van der Waals surface area contributed by atoms with Gasteiger partial charge in [-0.05, 0) is 29.2 Å². The molecule has 27 heavy (non-hydrogen) atoms. The van der Waals surface area contributed by atoms with Crippen LogP contribution in [0, 0.1) is 0 Å². The Balaban J connectivity index is 1.47. The van der Waals surface area contributed by atoms with Crippen molar-refractivity contribution in [2.45, 2.75) is 18.9 Å². The normalized spacial score (nSPS) is 13.5. The zero-order valence-electron chi connectivity index (χ0n) is 14.9. The van der Waals surface area contributed by atoms with E-state index in [1.807, 2.05) is 24.3 Å². The van der Waals surface area contributed by atoms with E-state index in [1.165, 1.54) is 28.3 Å². The number of nitrogens with one attached hydrogen (secondary N) is 2. The summed E-state index contributed by atoms with van der Waals surface area (Å²) in [6, 6.07) is 17.4. The monoisotopic (exact) mass is 360 g/mol. The quantitative estimate of drug-likeness (QED) is 0.739. The van der Waals surface area contributed by atoms with E-state index in [4.69, 9.17) is 4.74 Å². The van der Waals surface area contributed by atoms with Crippen LogP contribution in [0.3, 0.4) is 0 Å². The van der Waals surface area contributed by atoms with Gasteiger partial charge in [0.1, 0.15) is 6.61 Å². The van der Waals surface area contributed by atoms with Gasteiger partial charge in [0.25, 0.3) is 0 Å². The summed E-state index contributed by atoms with van der Waals surface area (Å²) in [5.74, 6) is 0.0126. The van der Waals surface area contributed by atoms with Gasteiger partial charge in [0, 0.05) is 29.9 Å². The number of hydrogen-bond acceptors (Lipinski definition) is 3. The molecule has 0 aliphatic heterocycles. The third-order valence-electron chi connectivity index (χ3n) is 5.00. The Hall–Kier alpha value is -3.34. The molecule has 5 heteroatoms. The summed E-state index contributed by atoms with van der Waals surface area (Å²) >= 11 is 0. The number of pyridine rings is 1. The number of ether oxygens (including phenoxy) is 1. The topological polar surface area (TPSA) is 71.2 Å². The molecule has 4 rings (SSSR count). The number of benzene rings is 2. The molecule has 1 aliphatic carbocycles. The minimum Gasteiger partial charge on any atom is -0.449 e. The number of amides is 1. The van der Waals surface area contributed by atoms with Crippen LogP contribution in [0.4, 0.5) is 4.79 Å². The largest absolute Gasteiger partial charge is 0.449 e. The molecule has 136 valence electrons. The molecule has 1 heterocycles. The summed E-state index contributed by atoms with van der Waals surface area (Å²) in [7, 11) is 0. The number of carbonyl (C=O) groups is 1. The Bertz CT molecular complexity index is 996. The molecule has 1 atom stereocenters. The molecule has 1 aromatic heterocycles. The van der Waals surface area contributed by atoms with Gasteiger partial charge in [-0.3, -0.25) is 4.79 Å². The first-order valence-electron chi connectivity index (χ1n) is 8.93. The van der Waals surface area contributed by atoms with E-state index < -0.39 is 12.1 Å². The second kappa shape index (κ2) is 7.11. The number of aromatic amines is 1. The minimum absolute atomic E-state index is 0.0126. The Kier molecular flexibility index (Phi) is 4.50. The van der Waals surface area contributed by atoms with Crippen LogP contribution < -0.4 is 10.7 Å². The highest BCUT2D eigenvalue weighted by Crippen LogP contribution is 2.44. The average molecular weight is 360 g/mol. The first-order chi connectivity index (χ1) is 13.1. The molecular formula is C22H20N2O3. The number of aromatic nitrogens is 1. The molecule has 5 nitrogen and oxygen atoms in total. The number of hydrogen-bond donors (Lipinski definition) is 2. The molecule has 1 unspecified atom stereocenters. The predicted molar refractivity (Wildman–Crippen MR) is 104 cm³/mol. The maximum absolute atomic E-state index is 12.3. The van der Waals surface area contributed by atoms with Crippen molar-refractivity contribution in [3.8, 4) is 11.1 Å². The number of fused-ring (bicyclic) bond motifs is 3. The third-order valence-corrected chi connectivity index (χ3v) is 5.00. The summed E-state index contributed by atoms with van der Waals surface area (Å²) < 4.78 is 5.51. The summed E-state index contributed by atoms with van der Waals surface area (Å²) in [6.07, 6.45) is 2.62. The van der Waals surface area contributed by atoms with Gasteiger partial charge in [0.2, 0.25) is 0 Å². The molecule has 0 fully saturated rings.